The van der Waals surface area contributed by atoms with E-state index in [9.17, 15) is 31.4 Å². The number of rotatable bonds is 0. The van der Waals surface area contributed by atoms with E-state index in [4.69, 9.17) is 30.4 Å². The quantitative estimate of drug-likeness (QED) is 0.0894. The molecular formula is C15H34F6N5O8OsS2+. The van der Waals surface area contributed by atoms with E-state index >= 15 is 0 Å². The van der Waals surface area contributed by atoms with Gasteiger partial charge in [-0.05, 0) is 31.8 Å². The molecule has 22 heteroatoms. The number of aliphatic hydroxyl groups is 1. The molecule has 2 rings (SSSR count). The molecule has 13 nitrogen and oxygen atoms in total. The molecule has 0 spiro atoms. The van der Waals surface area contributed by atoms with Gasteiger partial charge >= 0.3 is 36.6 Å². The third kappa shape index (κ3) is 17.2. The number of halogens is 6. The summed E-state index contributed by atoms with van der Waals surface area (Å²) in [5, 5.41) is 10.1. The van der Waals surface area contributed by atoms with Crippen molar-refractivity contribution in [1.82, 2.24) is 30.8 Å². The summed E-state index contributed by atoms with van der Waals surface area (Å²) in [5.74, 6) is 0.889. The second-order valence-corrected chi connectivity index (χ2v) is 9.74. The molecule has 16 N–H and O–H groups in total. The zero-order valence-corrected chi connectivity index (χ0v) is 24.3. The van der Waals surface area contributed by atoms with Crippen LogP contribution < -0.4 is 30.8 Å². The Kier molecular flexibility index (Phi) is 24.8. The van der Waals surface area contributed by atoms with Crippen LogP contribution in [0.4, 0.5) is 26.3 Å². The molecule has 0 amide bonds. The van der Waals surface area contributed by atoms with Crippen LogP contribution in [0.25, 0.3) is 0 Å². The topological polar surface area (TPSA) is 321 Å². The van der Waals surface area contributed by atoms with Crippen LogP contribution in [0.1, 0.15) is 33.1 Å². The van der Waals surface area contributed by atoms with Crippen molar-refractivity contribution >= 4 is 26.0 Å². The van der Waals surface area contributed by atoms with Crippen LogP contribution in [-0.2, 0) is 44.5 Å². The minimum absolute atomic E-state index is 0. The van der Waals surface area contributed by atoms with Crippen molar-refractivity contribution < 1.29 is 81.6 Å². The van der Waals surface area contributed by atoms with Gasteiger partial charge < -0.3 is 45.0 Å². The first-order chi connectivity index (χ1) is 13.5. The number of alkyl halides is 6. The fraction of sp³-hybridized carbons (Fsp3) is 0.667. The maximum Gasteiger partial charge on any atom is 2.00 e. The van der Waals surface area contributed by atoms with E-state index in [1.165, 1.54) is 5.57 Å². The molecule has 2 atom stereocenters. The molecule has 0 bridgehead atoms. The van der Waals surface area contributed by atoms with Crippen LogP contribution in [0.5, 0.6) is 0 Å². The van der Waals surface area contributed by atoms with Gasteiger partial charge in [-0.15, -0.1) is 0 Å². The van der Waals surface area contributed by atoms with Crippen LogP contribution in [-0.4, -0.2) is 60.6 Å². The van der Waals surface area contributed by atoms with E-state index in [-0.39, 0.29) is 56.0 Å². The van der Waals surface area contributed by atoms with Crippen molar-refractivity contribution in [2.24, 2.45) is 5.41 Å². The number of fused-ring (bicyclic) bond motifs is 1. The van der Waals surface area contributed by atoms with Crippen molar-refractivity contribution in [1.29, 1.82) is 0 Å². The Morgan fingerprint density at radius 3 is 1.46 bits per heavy atom. The van der Waals surface area contributed by atoms with Crippen LogP contribution in [0.15, 0.2) is 23.8 Å². The van der Waals surface area contributed by atoms with Gasteiger partial charge in [0.15, 0.2) is 20.2 Å². The molecule has 0 unspecified atom stereocenters. The van der Waals surface area contributed by atoms with Crippen molar-refractivity contribution in [2.45, 2.75) is 49.7 Å². The Bertz CT molecular complexity index is 929. The molecular weight excluding hydrogens is 747 g/mol. The van der Waals surface area contributed by atoms with Crippen molar-refractivity contribution in [2.75, 3.05) is 7.11 Å². The molecule has 1 fully saturated rings. The van der Waals surface area contributed by atoms with Crippen molar-refractivity contribution in [3.63, 3.8) is 0 Å². The Labute approximate surface area is 224 Å². The van der Waals surface area contributed by atoms with Crippen LogP contribution in [0, 0.1) is 5.41 Å². The summed E-state index contributed by atoms with van der Waals surface area (Å²) in [4.78, 5) is 0. The summed E-state index contributed by atoms with van der Waals surface area (Å²) < 4.78 is 123. The molecule has 1 saturated carbocycles. The molecule has 37 heavy (non-hydrogen) atoms. The fourth-order valence-corrected chi connectivity index (χ4v) is 2.41. The second-order valence-electron chi connectivity index (χ2n) is 7.00. The predicted molar refractivity (Wildman–Crippen MR) is 117 cm³/mol. The van der Waals surface area contributed by atoms with E-state index in [0.717, 1.165) is 25.0 Å². The van der Waals surface area contributed by atoms with E-state index in [1.807, 2.05) is 13.0 Å². The van der Waals surface area contributed by atoms with E-state index < -0.39 is 36.9 Å². The average molecular weight is 781 g/mol. The first kappa shape index (κ1) is 52.4. The first-order valence-electron chi connectivity index (χ1n) is 8.03. The number of carbonyl (C=O) groups excluding carboxylic acids is 1. The smallest absolute Gasteiger partial charge is 0.741 e. The van der Waals surface area contributed by atoms with Crippen LogP contribution in [0.2, 0.25) is 0 Å². The maximum atomic E-state index is 10.7. The molecule has 0 aromatic heterocycles. The predicted octanol–water partition coefficient (Wildman–Crippen LogP) is 3.07. The third-order valence-corrected chi connectivity index (χ3v) is 5.36. The summed E-state index contributed by atoms with van der Waals surface area (Å²) >= 11 is 0. The van der Waals surface area contributed by atoms with Gasteiger partial charge in [0.2, 0.25) is 0 Å². The standard InChI is InChI=1S/C13H19O2.2CHF3O3S.5H3N.Os/c1-12-5-4-11(15-3)8-10(12)9-13(2,14)7-6-12;2*2-1(3,4)8(5,6)7;;;;;;/h4-5,8,14H,6-7,9H2,1-3H3;2*(H,5,6,7);5*1H3;/q+1;;;;;;;;+2/p-2/t12-,13+;;;;;;;;/m0......../s1. The minimum atomic E-state index is -6.09. The van der Waals surface area contributed by atoms with E-state index in [0.29, 0.717) is 0 Å². The van der Waals surface area contributed by atoms with Gasteiger partial charge in [0, 0.05) is 17.6 Å². The Hall–Kier alpha value is -1.05. The van der Waals surface area contributed by atoms with Gasteiger partial charge in [0.25, 0.3) is 7.11 Å². The second kappa shape index (κ2) is 17.5. The zero-order chi connectivity index (χ0) is 25.1. The Morgan fingerprint density at radius 2 is 1.19 bits per heavy atom. The van der Waals surface area contributed by atoms with E-state index in [1.54, 1.807) is 7.11 Å². The normalized spacial score (nSPS) is 23.4. The summed E-state index contributed by atoms with van der Waals surface area (Å²) in [6.07, 6.45) is 8.95. The monoisotopic (exact) mass is 782 g/mol. The molecule has 228 valence electrons. The summed E-state index contributed by atoms with van der Waals surface area (Å²) in [6, 6.07) is 0. The molecule has 0 aliphatic heterocycles. The third-order valence-electron chi connectivity index (χ3n) is 4.22. The molecule has 0 aromatic rings. The fourth-order valence-electron chi connectivity index (χ4n) is 2.41. The van der Waals surface area contributed by atoms with Crippen molar-refractivity contribution in [3.8, 4) is 0 Å². The van der Waals surface area contributed by atoms with Gasteiger partial charge in [-0.2, -0.15) is 26.3 Å². The average Bonchev–Trinajstić information content (AvgIpc) is 2.52. The first-order valence-corrected chi connectivity index (χ1v) is 10.8. The molecule has 2 aliphatic rings. The molecule has 0 radical (unpaired) electrons. The van der Waals surface area contributed by atoms with Gasteiger partial charge in [-0.1, -0.05) is 13.0 Å². The Morgan fingerprint density at radius 1 is 0.865 bits per heavy atom. The van der Waals surface area contributed by atoms with Gasteiger partial charge in [-0.3, -0.25) is 4.42 Å². The van der Waals surface area contributed by atoms with Gasteiger partial charge in [0.1, 0.15) is 0 Å². The summed E-state index contributed by atoms with van der Waals surface area (Å²) in [6.45, 7) is 4.15. The maximum absolute atomic E-state index is 10.7. The number of allylic oxidation sites excluding steroid dienone is 3. The summed E-state index contributed by atoms with van der Waals surface area (Å²) in [7, 11) is -10.5. The molecule has 0 aromatic carbocycles. The molecule has 0 saturated heterocycles. The zero-order valence-electron chi connectivity index (χ0n) is 20.1. The summed E-state index contributed by atoms with van der Waals surface area (Å²) in [5.41, 5.74) is -10.4. The molecule has 0 heterocycles. The van der Waals surface area contributed by atoms with Crippen LogP contribution >= 0.6 is 0 Å². The van der Waals surface area contributed by atoms with Crippen molar-refractivity contribution in [3.05, 3.63) is 23.8 Å². The van der Waals surface area contributed by atoms with Gasteiger partial charge in [-0.25, -0.2) is 16.8 Å². The largest absolute Gasteiger partial charge is 2.00 e. The van der Waals surface area contributed by atoms with E-state index in [2.05, 4.69) is 19.1 Å². The number of hydrogen-bond acceptors (Lipinski definition) is 12. The Balaban J connectivity index is -0.0000000726. The van der Waals surface area contributed by atoms with Gasteiger partial charge in [0.05, 0.1) is 5.60 Å². The molecule has 2 aliphatic carbocycles. The van der Waals surface area contributed by atoms with Crippen LogP contribution in [0.3, 0.4) is 0 Å². The minimum Gasteiger partial charge on any atom is -0.741 e. The number of ketones is 1. The number of hydrogen-bond donors (Lipinski definition) is 6. The SMILES string of the molecule is C[O+]=C1C=C[C@@]2(C)CC[C@@](C)(O)CC2=C1.N.N.N.N.N.O=S(=O)([O-])C(F)(F)F.O=S(=O)([O-])C(F)(F)F.[Os+2].